The topological polar surface area (TPSA) is 69.1 Å². The third-order valence-electron chi connectivity index (χ3n) is 4.94. The summed E-state index contributed by atoms with van der Waals surface area (Å²) in [7, 11) is 5.00. The summed E-state index contributed by atoms with van der Waals surface area (Å²) in [5.41, 5.74) is 2.73. The molecule has 2 aromatic rings. The Morgan fingerprint density at radius 1 is 1.14 bits per heavy atom. The van der Waals surface area contributed by atoms with Gasteiger partial charge < -0.3 is 19.7 Å². The fraction of sp³-hybridized carbons (Fsp3) is 0.429. The van der Waals surface area contributed by atoms with Gasteiger partial charge in [-0.15, -0.1) is 11.3 Å². The Bertz CT molecular complexity index is 845. The molecule has 1 amide bonds. The number of hydrogen-bond donors (Lipinski definition) is 2. The van der Waals surface area contributed by atoms with E-state index in [2.05, 4.69) is 5.32 Å². The van der Waals surface area contributed by atoms with Crippen LogP contribution in [0.1, 0.15) is 39.2 Å². The van der Waals surface area contributed by atoms with Gasteiger partial charge in [-0.05, 0) is 55.5 Å². The highest BCUT2D eigenvalue weighted by Gasteiger charge is 2.27. The molecule has 6 nitrogen and oxygen atoms in total. The second kappa shape index (κ2) is 9.21. The maximum atomic E-state index is 12.6. The van der Waals surface area contributed by atoms with Gasteiger partial charge in [0.25, 0.3) is 5.91 Å². The number of aryl methyl sites for hydroxylation is 1. The zero-order valence-corrected chi connectivity index (χ0v) is 17.4. The van der Waals surface area contributed by atoms with E-state index in [0.29, 0.717) is 17.1 Å². The van der Waals surface area contributed by atoms with Crippen LogP contribution in [0.15, 0.2) is 24.3 Å². The SMILES string of the molecule is COC(=O)c1c(NC(=O)C[NH+](C)Cc2ccc(OC)cc2)sc2c1CCCC2. The van der Waals surface area contributed by atoms with Gasteiger partial charge >= 0.3 is 5.97 Å². The number of nitrogens with one attached hydrogen (secondary N) is 2. The van der Waals surface area contributed by atoms with Gasteiger partial charge in [-0.25, -0.2) is 4.79 Å². The second-order valence-electron chi connectivity index (χ2n) is 7.11. The highest BCUT2D eigenvalue weighted by Crippen LogP contribution is 2.38. The molecule has 0 saturated carbocycles. The van der Waals surface area contributed by atoms with Gasteiger partial charge in [0.15, 0.2) is 6.54 Å². The smallest absolute Gasteiger partial charge is 0.341 e. The number of carbonyl (C=O) groups excluding carboxylic acids is 2. The molecule has 0 bridgehead atoms. The van der Waals surface area contributed by atoms with Crippen molar-refractivity contribution in [3.05, 3.63) is 45.8 Å². The van der Waals surface area contributed by atoms with E-state index in [9.17, 15) is 9.59 Å². The first-order chi connectivity index (χ1) is 13.5. The molecule has 1 unspecified atom stereocenters. The molecule has 1 heterocycles. The van der Waals surface area contributed by atoms with Crippen molar-refractivity contribution >= 4 is 28.2 Å². The van der Waals surface area contributed by atoms with Crippen molar-refractivity contribution in [2.45, 2.75) is 32.2 Å². The van der Waals surface area contributed by atoms with Crippen molar-refractivity contribution in [2.75, 3.05) is 33.1 Å². The summed E-state index contributed by atoms with van der Waals surface area (Å²) in [5.74, 6) is 0.347. The number of ether oxygens (including phenoxy) is 2. The molecule has 150 valence electrons. The van der Waals surface area contributed by atoms with E-state index in [0.717, 1.165) is 54.0 Å². The Morgan fingerprint density at radius 3 is 2.54 bits per heavy atom. The summed E-state index contributed by atoms with van der Waals surface area (Å²) in [6.07, 6.45) is 4.02. The van der Waals surface area contributed by atoms with E-state index in [-0.39, 0.29) is 11.9 Å². The van der Waals surface area contributed by atoms with Crippen LogP contribution in [0, 0.1) is 0 Å². The summed E-state index contributed by atoms with van der Waals surface area (Å²) in [6.45, 7) is 1.04. The van der Waals surface area contributed by atoms with Crippen LogP contribution in [0.2, 0.25) is 0 Å². The lowest BCUT2D eigenvalue weighted by Crippen LogP contribution is -3.08. The number of carbonyl (C=O) groups is 2. The molecule has 0 saturated heterocycles. The fourth-order valence-electron chi connectivity index (χ4n) is 3.57. The second-order valence-corrected chi connectivity index (χ2v) is 8.22. The molecule has 3 rings (SSSR count). The Kier molecular flexibility index (Phi) is 6.70. The Hall–Kier alpha value is -2.38. The van der Waals surface area contributed by atoms with Crippen LogP contribution in [-0.2, 0) is 28.9 Å². The Balaban J connectivity index is 1.65. The van der Waals surface area contributed by atoms with Crippen LogP contribution in [-0.4, -0.2) is 39.7 Å². The number of benzene rings is 1. The molecule has 0 radical (unpaired) electrons. The molecule has 28 heavy (non-hydrogen) atoms. The first-order valence-electron chi connectivity index (χ1n) is 9.48. The van der Waals surface area contributed by atoms with Crippen molar-refractivity contribution in [1.29, 1.82) is 0 Å². The number of esters is 1. The molecule has 1 aliphatic carbocycles. The number of rotatable bonds is 7. The molecule has 0 aliphatic heterocycles. The van der Waals surface area contributed by atoms with Crippen molar-refractivity contribution in [2.24, 2.45) is 0 Å². The van der Waals surface area contributed by atoms with Crippen molar-refractivity contribution in [3.63, 3.8) is 0 Å². The minimum absolute atomic E-state index is 0.102. The summed E-state index contributed by atoms with van der Waals surface area (Å²) in [4.78, 5) is 27.1. The van der Waals surface area contributed by atoms with E-state index in [1.54, 1.807) is 7.11 Å². The summed E-state index contributed by atoms with van der Waals surface area (Å²) < 4.78 is 10.1. The number of fused-ring (bicyclic) bond motifs is 1. The molecule has 1 aromatic carbocycles. The molecular weight excluding hydrogens is 376 g/mol. The van der Waals surface area contributed by atoms with Crippen molar-refractivity contribution in [3.8, 4) is 5.75 Å². The van der Waals surface area contributed by atoms with Crippen LogP contribution in [0.25, 0.3) is 0 Å². The number of quaternary nitrogens is 1. The molecule has 2 N–H and O–H groups in total. The van der Waals surface area contributed by atoms with Crippen LogP contribution >= 0.6 is 11.3 Å². The lowest BCUT2D eigenvalue weighted by molar-refractivity contribution is -0.885. The third-order valence-corrected chi connectivity index (χ3v) is 6.15. The molecule has 1 aliphatic rings. The summed E-state index contributed by atoms with van der Waals surface area (Å²) in [6, 6.07) is 7.84. The summed E-state index contributed by atoms with van der Waals surface area (Å²) in [5, 5.41) is 3.58. The Labute approximate surface area is 169 Å². The van der Waals surface area contributed by atoms with Crippen LogP contribution in [0.5, 0.6) is 5.75 Å². The molecule has 1 aromatic heterocycles. The third kappa shape index (κ3) is 4.72. The average Bonchev–Trinajstić information content (AvgIpc) is 3.05. The van der Waals surface area contributed by atoms with Gasteiger partial charge in [-0.2, -0.15) is 0 Å². The van der Waals surface area contributed by atoms with Crippen LogP contribution in [0.3, 0.4) is 0 Å². The average molecular weight is 404 g/mol. The highest BCUT2D eigenvalue weighted by molar-refractivity contribution is 7.17. The van der Waals surface area contributed by atoms with E-state index in [1.165, 1.54) is 23.3 Å². The molecule has 0 fully saturated rings. The van der Waals surface area contributed by atoms with Crippen LogP contribution in [0.4, 0.5) is 5.00 Å². The van der Waals surface area contributed by atoms with E-state index in [4.69, 9.17) is 9.47 Å². The molecule has 1 atom stereocenters. The predicted molar refractivity (Wildman–Crippen MR) is 109 cm³/mol. The first kappa shape index (κ1) is 20.4. The van der Waals surface area contributed by atoms with Gasteiger partial charge in [0.2, 0.25) is 0 Å². The minimum atomic E-state index is -0.367. The number of thiophene rings is 1. The number of amides is 1. The molecular formula is C21H27N2O4S+. The number of anilines is 1. The maximum Gasteiger partial charge on any atom is 0.341 e. The van der Waals surface area contributed by atoms with Gasteiger partial charge in [-0.1, -0.05) is 0 Å². The zero-order chi connectivity index (χ0) is 20.1. The van der Waals surface area contributed by atoms with Gasteiger partial charge in [-0.3, -0.25) is 4.79 Å². The quantitative estimate of drug-likeness (QED) is 0.695. The van der Waals surface area contributed by atoms with Crippen molar-refractivity contribution in [1.82, 2.24) is 0 Å². The molecule has 0 spiro atoms. The number of hydrogen-bond acceptors (Lipinski definition) is 5. The number of methoxy groups -OCH3 is 2. The summed E-state index contributed by atoms with van der Waals surface area (Å²) >= 11 is 1.51. The number of likely N-dealkylation sites (N-methyl/N-ethyl adjacent to an activating group) is 1. The largest absolute Gasteiger partial charge is 0.497 e. The van der Waals surface area contributed by atoms with Gasteiger partial charge in [0.05, 0.1) is 26.8 Å². The normalized spacial score (nSPS) is 14.1. The van der Waals surface area contributed by atoms with E-state index < -0.39 is 0 Å². The van der Waals surface area contributed by atoms with E-state index >= 15 is 0 Å². The monoisotopic (exact) mass is 403 g/mol. The zero-order valence-electron chi connectivity index (χ0n) is 16.6. The fourth-order valence-corrected chi connectivity index (χ4v) is 4.86. The standard InChI is InChI=1S/C21H26N2O4S/c1-23(12-14-8-10-15(26-2)11-9-14)13-18(24)22-20-19(21(25)27-3)16-6-4-5-7-17(16)28-20/h8-11H,4-7,12-13H2,1-3H3,(H,22,24)/p+1. The van der Waals surface area contributed by atoms with Crippen molar-refractivity contribution < 1.29 is 24.0 Å². The van der Waals surface area contributed by atoms with Gasteiger partial charge in [0.1, 0.15) is 17.3 Å². The lowest BCUT2D eigenvalue weighted by atomic mass is 9.95. The van der Waals surface area contributed by atoms with Gasteiger partial charge in [0, 0.05) is 10.4 Å². The lowest BCUT2D eigenvalue weighted by Gasteiger charge is -2.14. The first-order valence-corrected chi connectivity index (χ1v) is 10.3. The maximum absolute atomic E-state index is 12.6. The predicted octanol–water partition coefficient (Wildman–Crippen LogP) is 2.08. The van der Waals surface area contributed by atoms with E-state index in [1.807, 2.05) is 31.3 Å². The minimum Gasteiger partial charge on any atom is -0.497 e. The van der Waals surface area contributed by atoms with Crippen LogP contribution < -0.4 is 15.0 Å². The highest BCUT2D eigenvalue weighted by atomic mass is 32.1. The molecule has 7 heteroatoms. The Morgan fingerprint density at radius 2 is 1.86 bits per heavy atom.